The van der Waals surface area contributed by atoms with Gasteiger partial charge in [-0.1, -0.05) is 30.7 Å². The zero-order valence-electron chi connectivity index (χ0n) is 20.0. The molecule has 6 nitrogen and oxygen atoms in total. The monoisotopic (exact) mass is 490 g/mol. The van der Waals surface area contributed by atoms with Gasteiger partial charge in [-0.05, 0) is 62.5 Å². The summed E-state index contributed by atoms with van der Waals surface area (Å²) in [5.74, 6) is 2.62. The highest BCUT2D eigenvalue weighted by molar-refractivity contribution is 7.11. The van der Waals surface area contributed by atoms with E-state index in [9.17, 15) is 4.79 Å². The van der Waals surface area contributed by atoms with Gasteiger partial charge in [0.2, 0.25) is 6.79 Å². The number of piperidine rings is 1. The zero-order valence-corrected chi connectivity index (χ0v) is 20.8. The van der Waals surface area contributed by atoms with E-state index in [1.54, 1.807) is 18.4 Å². The number of fused-ring (bicyclic) bond motifs is 1. The van der Waals surface area contributed by atoms with E-state index in [0.29, 0.717) is 6.42 Å². The van der Waals surface area contributed by atoms with Crippen LogP contribution in [0.1, 0.15) is 59.2 Å². The minimum Gasteiger partial charge on any atom is -0.496 e. The highest BCUT2D eigenvalue weighted by atomic mass is 32.1. The molecule has 2 fully saturated rings. The fraction of sp³-hybridized carbons (Fsp3) is 0.429. The van der Waals surface area contributed by atoms with Gasteiger partial charge in [0.1, 0.15) is 16.5 Å². The van der Waals surface area contributed by atoms with Crippen molar-refractivity contribution in [3.63, 3.8) is 0 Å². The topological polar surface area (TPSA) is 60.9 Å². The lowest BCUT2D eigenvalue weighted by Crippen LogP contribution is -2.34. The highest BCUT2D eigenvalue weighted by Gasteiger charge is 2.51. The molecule has 1 atom stereocenters. The molecule has 1 aromatic heterocycles. The zero-order chi connectivity index (χ0) is 23.8. The summed E-state index contributed by atoms with van der Waals surface area (Å²) < 4.78 is 16.7. The molecule has 0 radical (unpaired) electrons. The molecule has 0 amide bonds. The Balaban J connectivity index is 1.25. The molecule has 3 heterocycles. The minimum atomic E-state index is -0.415. The van der Waals surface area contributed by atoms with Crippen molar-refractivity contribution >= 4 is 17.1 Å². The van der Waals surface area contributed by atoms with Crippen LogP contribution in [-0.2, 0) is 16.6 Å². The van der Waals surface area contributed by atoms with Crippen LogP contribution in [0.3, 0.4) is 0 Å². The summed E-state index contributed by atoms with van der Waals surface area (Å²) in [7, 11) is 1.73. The number of carbonyl (C=O) groups is 1. The van der Waals surface area contributed by atoms with E-state index < -0.39 is 5.41 Å². The summed E-state index contributed by atoms with van der Waals surface area (Å²) in [4.78, 5) is 22.0. The molecule has 1 saturated carbocycles. The molecule has 2 aromatic carbocycles. The number of methoxy groups -OCH3 is 1. The standard InChI is InChI=1S/C28H30N2O4S/c1-32-21-8-4-3-7-20(21)27(30-13-5-2-6-14-30)24-17-29-26(35-24)16-25(31)28(11-12-28)19-9-10-22-23(15-19)34-18-33-22/h3-4,7-10,15,17,27H,2,5-6,11-14,16,18H2,1H3. The second-order valence-electron chi connectivity index (χ2n) is 9.65. The average Bonchev–Trinajstić information content (AvgIpc) is 3.37. The van der Waals surface area contributed by atoms with Crippen molar-refractivity contribution in [1.82, 2.24) is 9.88 Å². The number of nitrogens with zero attached hydrogens (tertiary/aromatic N) is 2. The van der Waals surface area contributed by atoms with Crippen LogP contribution in [0.25, 0.3) is 0 Å². The Morgan fingerprint density at radius 2 is 1.91 bits per heavy atom. The number of rotatable bonds is 8. The Labute approximate surface area is 209 Å². The summed E-state index contributed by atoms with van der Waals surface area (Å²) >= 11 is 1.66. The lowest BCUT2D eigenvalue weighted by atomic mass is 9.89. The van der Waals surface area contributed by atoms with Crippen LogP contribution in [0.5, 0.6) is 17.2 Å². The lowest BCUT2D eigenvalue weighted by Gasteiger charge is -2.34. The second kappa shape index (κ2) is 9.28. The number of likely N-dealkylation sites (tertiary alicyclic amines) is 1. The van der Waals surface area contributed by atoms with E-state index in [1.807, 2.05) is 36.5 Å². The Morgan fingerprint density at radius 3 is 2.71 bits per heavy atom. The number of aromatic nitrogens is 1. The number of Topliss-reactive ketones (excluding diaryl/α,β-unsaturated/α-hetero) is 1. The summed E-state index contributed by atoms with van der Waals surface area (Å²) in [6, 6.07) is 14.3. The van der Waals surface area contributed by atoms with E-state index in [4.69, 9.17) is 19.2 Å². The van der Waals surface area contributed by atoms with Crippen molar-refractivity contribution in [2.75, 3.05) is 27.0 Å². The molecule has 1 saturated heterocycles. The molecule has 1 aliphatic carbocycles. The maximum absolute atomic E-state index is 13.5. The van der Waals surface area contributed by atoms with Crippen LogP contribution in [0.15, 0.2) is 48.7 Å². The van der Waals surface area contributed by atoms with Crippen molar-refractivity contribution in [1.29, 1.82) is 0 Å². The first-order chi connectivity index (χ1) is 17.2. The molecule has 3 aliphatic rings. The minimum absolute atomic E-state index is 0.0940. The number of ketones is 1. The van der Waals surface area contributed by atoms with Gasteiger partial charge in [0.15, 0.2) is 11.5 Å². The molecule has 3 aromatic rings. The molecular weight excluding hydrogens is 460 g/mol. The van der Waals surface area contributed by atoms with Crippen molar-refractivity contribution < 1.29 is 19.0 Å². The Morgan fingerprint density at radius 1 is 1.11 bits per heavy atom. The molecule has 0 N–H and O–H groups in total. The number of hydrogen-bond donors (Lipinski definition) is 0. The fourth-order valence-electron chi connectivity index (χ4n) is 5.49. The van der Waals surface area contributed by atoms with Crippen LogP contribution < -0.4 is 14.2 Å². The smallest absolute Gasteiger partial charge is 0.231 e. The van der Waals surface area contributed by atoms with E-state index in [-0.39, 0.29) is 18.6 Å². The third kappa shape index (κ3) is 4.21. The van der Waals surface area contributed by atoms with E-state index in [1.165, 1.54) is 24.1 Å². The van der Waals surface area contributed by atoms with E-state index in [0.717, 1.165) is 59.3 Å². The van der Waals surface area contributed by atoms with Crippen molar-refractivity contribution in [3.05, 3.63) is 69.7 Å². The van der Waals surface area contributed by atoms with Gasteiger partial charge in [-0.3, -0.25) is 9.69 Å². The Hall–Kier alpha value is -2.90. The van der Waals surface area contributed by atoms with Gasteiger partial charge in [-0.2, -0.15) is 0 Å². The number of thiazole rings is 1. The summed E-state index contributed by atoms with van der Waals surface area (Å²) in [5.41, 5.74) is 1.78. The first-order valence-corrected chi connectivity index (χ1v) is 13.2. The normalized spacial score (nSPS) is 19.3. The Bertz CT molecular complexity index is 1230. The number of hydrogen-bond acceptors (Lipinski definition) is 7. The van der Waals surface area contributed by atoms with Crippen molar-refractivity contribution in [2.24, 2.45) is 0 Å². The van der Waals surface area contributed by atoms with Gasteiger partial charge in [-0.15, -0.1) is 11.3 Å². The van der Waals surface area contributed by atoms with Crippen LogP contribution in [0, 0.1) is 0 Å². The molecule has 1 unspecified atom stereocenters. The molecular formula is C28H30N2O4S. The quantitative estimate of drug-likeness (QED) is 0.427. The fourth-order valence-corrected chi connectivity index (χ4v) is 6.56. The van der Waals surface area contributed by atoms with Crippen LogP contribution in [-0.4, -0.2) is 42.7 Å². The predicted molar refractivity (Wildman–Crippen MR) is 135 cm³/mol. The number of carbonyl (C=O) groups excluding carboxylic acids is 1. The molecule has 0 bridgehead atoms. The summed E-state index contributed by atoms with van der Waals surface area (Å²) in [6.45, 7) is 2.36. The van der Waals surface area contributed by atoms with Crippen molar-refractivity contribution in [3.8, 4) is 17.2 Å². The largest absolute Gasteiger partial charge is 0.496 e. The summed E-state index contributed by atoms with van der Waals surface area (Å²) in [6.07, 6.45) is 7.76. The first-order valence-electron chi connectivity index (χ1n) is 12.4. The second-order valence-corrected chi connectivity index (χ2v) is 10.8. The maximum Gasteiger partial charge on any atom is 0.231 e. The van der Waals surface area contributed by atoms with Gasteiger partial charge in [0, 0.05) is 16.6 Å². The predicted octanol–water partition coefficient (Wildman–Crippen LogP) is 5.30. The van der Waals surface area contributed by atoms with E-state index in [2.05, 4.69) is 17.0 Å². The van der Waals surface area contributed by atoms with Crippen molar-refractivity contribution in [2.45, 2.75) is 50.0 Å². The van der Waals surface area contributed by atoms with Gasteiger partial charge in [0.25, 0.3) is 0 Å². The number of benzene rings is 2. The van der Waals surface area contributed by atoms with Crippen LogP contribution >= 0.6 is 11.3 Å². The average molecular weight is 491 g/mol. The molecule has 6 rings (SSSR count). The Kier molecular flexibility index (Phi) is 5.98. The van der Waals surface area contributed by atoms with E-state index >= 15 is 0 Å². The summed E-state index contributed by atoms with van der Waals surface area (Å²) in [5, 5.41) is 0.883. The highest BCUT2D eigenvalue weighted by Crippen LogP contribution is 2.52. The molecule has 2 aliphatic heterocycles. The maximum atomic E-state index is 13.5. The molecule has 182 valence electrons. The third-order valence-electron chi connectivity index (χ3n) is 7.55. The lowest BCUT2D eigenvalue weighted by molar-refractivity contribution is -0.120. The van der Waals surface area contributed by atoms with Gasteiger partial charge in [-0.25, -0.2) is 4.98 Å². The van der Waals surface area contributed by atoms with Crippen LogP contribution in [0.2, 0.25) is 0 Å². The van der Waals surface area contributed by atoms with Gasteiger partial charge >= 0.3 is 0 Å². The molecule has 7 heteroatoms. The van der Waals surface area contributed by atoms with Crippen LogP contribution in [0.4, 0.5) is 0 Å². The molecule has 35 heavy (non-hydrogen) atoms. The first kappa shape index (κ1) is 22.6. The van der Waals surface area contributed by atoms with Gasteiger partial charge in [0.05, 0.1) is 25.0 Å². The van der Waals surface area contributed by atoms with Gasteiger partial charge < -0.3 is 14.2 Å². The third-order valence-corrected chi connectivity index (χ3v) is 8.60. The molecule has 0 spiro atoms. The number of para-hydroxylation sites is 1. The number of ether oxygens (including phenoxy) is 3. The SMILES string of the molecule is COc1ccccc1C(c1cnc(CC(=O)C2(c3ccc4c(c3)OCO4)CC2)s1)N1CCCCC1.